The van der Waals surface area contributed by atoms with E-state index in [-0.39, 0.29) is 6.04 Å². The third-order valence-corrected chi connectivity index (χ3v) is 3.47. The van der Waals surface area contributed by atoms with Crippen LogP contribution in [0.15, 0.2) is 29.6 Å². The zero-order valence-corrected chi connectivity index (χ0v) is 9.75. The Morgan fingerprint density at radius 1 is 1.50 bits per heavy atom. The van der Waals surface area contributed by atoms with Gasteiger partial charge in [-0.15, -0.1) is 11.3 Å². The molecule has 0 bridgehead atoms. The molecular formula is C12H13NO2S. The SMILES string of the molecule is CC(Cc1csc2ccccc12)NC(=O)O. The Hall–Kier alpha value is -1.55. The number of amides is 1. The van der Waals surface area contributed by atoms with Gasteiger partial charge in [-0.2, -0.15) is 0 Å². The van der Waals surface area contributed by atoms with Gasteiger partial charge in [-0.25, -0.2) is 4.79 Å². The maximum absolute atomic E-state index is 10.5. The van der Waals surface area contributed by atoms with E-state index in [1.165, 1.54) is 15.6 Å². The molecule has 0 radical (unpaired) electrons. The molecule has 1 aromatic carbocycles. The van der Waals surface area contributed by atoms with Crippen LogP contribution >= 0.6 is 11.3 Å². The highest BCUT2D eigenvalue weighted by Gasteiger charge is 2.09. The number of benzene rings is 1. The predicted octanol–water partition coefficient (Wildman–Crippen LogP) is 3.10. The molecule has 2 aromatic rings. The molecule has 4 heteroatoms. The highest BCUT2D eigenvalue weighted by molar-refractivity contribution is 7.17. The Bertz CT molecular complexity index is 506. The molecule has 1 unspecified atom stereocenters. The Balaban J connectivity index is 2.18. The molecule has 16 heavy (non-hydrogen) atoms. The van der Waals surface area contributed by atoms with Crippen molar-refractivity contribution in [3.63, 3.8) is 0 Å². The Morgan fingerprint density at radius 2 is 2.25 bits per heavy atom. The van der Waals surface area contributed by atoms with Gasteiger partial charge in [-0.1, -0.05) is 18.2 Å². The number of thiophene rings is 1. The molecule has 1 heterocycles. The third kappa shape index (κ3) is 2.33. The predicted molar refractivity (Wildman–Crippen MR) is 66.2 cm³/mol. The maximum Gasteiger partial charge on any atom is 0.404 e. The average molecular weight is 235 g/mol. The van der Waals surface area contributed by atoms with Gasteiger partial charge in [0.05, 0.1) is 0 Å². The smallest absolute Gasteiger partial charge is 0.404 e. The van der Waals surface area contributed by atoms with E-state index in [9.17, 15) is 4.79 Å². The minimum Gasteiger partial charge on any atom is -0.465 e. The number of nitrogens with one attached hydrogen (secondary N) is 1. The largest absolute Gasteiger partial charge is 0.465 e. The van der Waals surface area contributed by atoms with E-state index in [1.807, 2.05) is 19.1 Å². The summed E-state index contributed by atoms with van der Waals surface area (Å²) in [6, 6.07) is 8.12. The van der Waals surface area contributed by atoms with Gasteiger partial charge in [0.25, 0.3) is 0 Å². The van der Waals surface area contributed by atoms with Crippen molar-refractivity contribution < 1.29 is 9.90 Å². The first-order valence-corrected chi connectivity index (χ1v) is 5.99. The summed E-state index contributed by atoms with van der Waals surface area (Å²) in [5.74, 6) is 0. The summed E-state index contributed by atoms with van der Waals surface area (Å²) in [6.07, 6.45) is -0.233. The lowest BCUT2D eigenvalue weighted by molar-refractivity contribution is 0.191. The summed E-state index contributed by atoms with van der Waals surface area (Å²) in [6.45, 7) is 1.88. The van der Waals surface area contributed by atoms with Gasteiger partial charge in [0.15, 0.2) is 0 Å². The lowest BCUT2D eigenvalue weighted by Crippen LogP contribution is -2.32. The third-order valence-electron chi connectivity index (χ3n) is 2.46. The number of hydrogen-bond acceptors (Lipinski definition) is 2. The topological polar surface area (TPSA) is 49.3 Å². The molecule has 3 nitrogen and oxygen atoms in total. The molecule has 0 fully saturated rings. The van der Waals surface area contributed by atoms with E-state index < -0.39 is 6.09 Å². The van der Waals surface area contributed by atoms with Gasteiger partial charge >= 0.3 is 6.09 Å². The van der Waals surface area contributed by atoms with Gasteiger partial charge in [0.2, 0.25) is 0 Å². The van der Waals surface area contributed by atoms with Gasteiger partial charge in [-0.3, -0.25) is 0 Å². The van der Waals surface area contributed by atoms with Crippen LogP contribution in [0.2, 0.25) is 0 Å². The molecule has 2 rings (SSSR count). The van der Waals surface area contributed by atoms with Crippen LogP contribution in [-0.4, -0.2) is 17.2 Å². The minimum atomic E-state index is -0.966. The maximum atomic E-state index is 10.5. The first-order valence-electron chi connectivity index (χ1n) is 5.11. The number of rotatable bonds is 3. The van der Waals surface area contributed by atoms with Gasteiger partial charge in [0, 0.05) is 10.7 Å². The quantitative estimate of drug-likeness (QED) is 0.858. The molecule has 1 aromatic heterocycles. The van der Waals surface area contributed by atoms with Crippen molar-refractivity contribution in [1.82, 2.24) is 5.32 Å². The summed E-state index contributed by atoms with van der Waals surface area (Å²) in [4.78, 5) is 10.5. The Labute approximate surface area is 97.7 Å². The van der Waals surface area contributed by atoms with Gasteiger partial charge in [0.1, 0.15) is 0 Å². The van der Waals surface area contributed by atoms with Crippen molar-refractivity contribution in [1.29, 1.82) is 0 Å². The Kier molecular flexibility index (Phi) is 3.10. The van der Waals surface area contributed by atoms with E-state index in [2.05, 4.69) is 22.8 Å². The fourth-order valence-corrected chi connectivity index (χ4v) is 2.76. The molecule has 0 aliphatic carbocycles. The first kappa shape index (κ1) is 11.0. The number of carbonyl (C=O) groups is 1. The highest BCUT2D eigenvalue weighted by Crippen LogP contribution is 2.26. The Morgan fingerprint density at radius 3 is 3.00 bits per heavy atom. The fourth-order valence-electron chi connectivity index (χ4n) is 1.78. The average Bonchev–Trinajstić information content (AvgIpc) is 2.61. The zero-order valence-electron chi connectivity index (χ0n) is 8.93. The van der Waals surface area contributed by atoms with Crippen molar-refractivity contribution in [3.8, 4) is 0 Å². The van der Waals surface area contributed by atoms with Crippen molar-refractivity contribution in [2.75, 3.05) is 0 Å². The van der Waals surface area contributed by atoms with Crippen molar-refractivity contribution >= 4 is 27.5 Å². The minimum absolute atomic E-state index is 0.0597. The zero-order chi connectivity index (χ0) is 11.5. The van der Waals surface area contributed by atoms with Crippen molar-refractivity contribution in [2.24, 2.45) is 0 Å². The number of fused-ring (bicyclic) bond motifs is 1. The molecule has 0 aliphatic rings. The lowest BCUT2D eigenvalue weighted by Gasteiger charge is -2.10. The summed E-state index contributed by atoms with van der Waals surface area (Å²) in [5.41, 5.74) is 1.21. The summed E-state index contributed by atoms with van der Waals surface area (Å²) < 4.78 is 1.25. The molecule has 0 aliphatic heterocycles. The second kappa shape index (κ2) is 4.53. The number of carboxylic acid groups (broad SMARTS) is 1. The summed E-state index contributed by atoms with van der Waals surface area (Å²) in [5, 5.41) is 14.4. The lowest BCUT2D eigenvalue weighted by atomic mass is 10.1. The summed E-state index contributed by atoms with van der Waals surface area (Å²) >= 11 is 1.70. The van der Waals surface area contributed by atoms with Crippen LogP contribution < -0.4 is 5.32 Å². The van der Waals surface area contributed by atoms with Crippen molar-refractivity contribution in [2.45, 2.75) is 19.4 Å². The molecule has 0 spiro atoms. The highest BCUT2D eigenvalue weighted by atomic mass is 32.1. The first-order chi connectivity index (χ1) is 7.66. The molecule has 0 saturated heterocycles. The molecule has 1 amide bonds. The second-order valence-electron chi connectivity index (χ2n) is 3.81. The molecule has 2 N–H and O–H groups in total. The summed E-state index contributed by atoms with van der Waals surface area (Å²) in [7, 11) is 0. The fraction of sp³-hybridized carbons (Fsp3) is 0.250. The molecule has 84 valence electrons. The van der Waals surface area contributed by atoms with Gasteiger partial charge < -0.3 is 10.4 Å². The monoisotopic (exact) mass is 235 g/mol. The molecular weight excluding hydrogens is 222 g/mol. The van der Waals surface area contributed by atoms with Crippen LogP contribution in [0.25, 0.3) is 10.1 Å². The van der Waals surface area contributed by atoms with Crippen LogP contribution in [0.1, 0.15) is 12.5 Å². The van der Waals surface area contributed by atoms with E-state index in [4.69, 9.17) is 5.11 Å². The molecule has 1 atom stereocenters. The van der Waals surface area contributed by atoms with E-state index in [0.717, 1.165) is 6.42 Å². The standard InChI is InChI=1S/C12H13NO2S/c1-8(13-12(14)15)6-9-7-16-11-5-3-2-4-10(9)11/h2-5,7-8,13H,6H2,1H3,(H,14,15). The molecule has 0 saturated carbocycles. The van der Waals surface area contributed by atoms with Gasteiger partial charge in [-0.05, 0) is 35.7 Å². The van der Waals surface area contributed by atoms with E-state index in [0.29, 0.717) is 0 Å². The second-order valence-corrected chi connectivity index (χ2v) is 4.72. The van der Waals surface area contributed by atoms with Crippen LogP contribution in [0, 0.1) is 0 Å². The van der Waals surface area contributed by atoms with E-state index in [1.54, 1.807) is 11.3 Å². The van der Waals surface area contributed by atoms with Crippen LogP contribution in [0.5, 0.6) is 0 Å². The van der Waals surface area contributed by atoms with Crippen LogP contribution in [0.4, 0.5) is 4.79 Å². The van der Waals surface area contributed by atoms with E-state index >= 15 is 0 Å². The van der Waals surface area contributed by atoms with Crippen molar-refractivity contribution in [3.05, 3.63) is 35.2 Å². The number of hydrogen-bond donors (Lipinski definition) is 2. The normalized spacial score (nSPS) is 12.6. The van der Waals surface area contributed by atoms with Crippen LogP contribution in [-0.2, 0) is 6.42 Å². The van der Waals surface area contributed by atoms with Crippen LogP contribution in [0.3, 0.4) is 0 Å².